The summed E-state index contributed by atoms with van der Waals surface area (Å²) in [6.07, 6.45) is -2.91. The molecular formula is C22H24N4O6. The third kappa shape index (κ3) is 4.08. The second kappa shape index (κ2) is 9.05. The van der Waals surface area contributed by atoms with E-state index in [0.29, 0.717) is 0 Å². The number of fused-ring (bicyclic) bond motifs is 1. The maximum atomic E-state index is 12.8. The van der Waals surface area contributed by atoms with Gasteiger partial charge in [0.1, 0.15) is 24.1 Å². The average molecular weight is 440 g/mol. The van der Waals surface area contributed by atoms with Crippen LogP contribution in [0.4, 0.5) is 5.82 Å². The molecule has 10 heteroatoms. The fraction of sp³-hybridized carbons (Fsp3) is 0.318. The van der Waals surface area contributed by atoms with Crippen LogP contribution >= 0.6 is 0 Å². The van der Waals surface area contributed by atoms with Crippen LogP contribution in [-0.2, 0) is 16.0 Å². The fourth-order valence-corrected chi connectivity index (χ4v) is 3.81. The van der Waals surface area contributed by atoms with Gasteiger partial charge in [0.05, 0.1) is 12.2 Å². The quantitative estimate of drug-likeness (QED) is 0.424. The zero-order valence-corrected chi connectivity index (χ0v) is 17.3. The fourth-order valence-electron chi connectivity index (χ4n) is 3.81. The van der Waals surface area contributed by atoms with E-state index in [9.17, 15) is 19.8 Å². The number of hydrogen-bond acceptors (Lipinski definition) is 8. The summed E-state index contributed by atoms with van der Waals surface area (Å²) in [4.78, 5) is 29.0. The number of hydrogen-bond donors (Lipinski definition) is 4. The molecule has 5 N–H and O–H groups in total. The van der Waals surface area contributed by atoms with Crippen molar-refractivity contribution < 1.29 is 24.5 Å². The molecule has 1 amide bonds. The van der Waals surface area contributed by atoms with Gasteiger partial charge >= 0.3 is 5.69 Å². The number of nitrogens with zero attached hydrogens (tertiary/aromatic N) is 2. The number of aliphatic hydroxyl groups excluding tert-OH is 2. The van der Waals surface area contributed by atoms with E-state index >= 15 is 0 Å². The zero-order chi connectivity index (χ0) is 22.8. The molecule has 10 nitrogen and oxygen atoms in total. The number of rotatable bonds is 6. The molecular weight excluding hydrogens is 416 g/mol. The molecule has 0 aliphatic carbocycles. The van der Waals surface area contributed by atoms with E-state index in [4.69, 9.17) is 15.2 Å². The average Bonchev–Trinajstić information content (AvgIpc) is 3.12. The summed E-state index contributed by atoms with van der Waals surface area (Å²) in [6, 6.07) is 13.7. The number of benzene rings is 2. The number of carbonyl (C=O) groups excluding carboxylic acids is 1. The molecule has 4 atom stereocenters. The van der Waals surface area contributed by atoms with Crippen LogP contribution in [0.1, 0.15) is 22.1 Å². The van der Waals surface area contributed by atoms with Gasteiger partial charge in [-0.05, 0) is 22.4 Å². The second-order valence-corrected chi connectivity index (χ2v) is 7.53. The largest absolute Gasteiger partial charge is 0.394 e. The summed E-state index contributed by atoms with van der Waals surface area (Å²) in [5, 5.41) is 24.5. The predicted octanol–water partition coefficient (Wildman–Crippen LogP) is 0.174. The summed E-state index contributed by atoms with van der Waals surface area (Å²) in [5.74, 6) is -0.753. The standard InChI is InChI=1S/C22H24N4O6/c1-31-18-17(28)16(11-27)32-21(18)26-10-15(19(23)25-22(26)30)20(29)24-9-12-6-7-13-4-2-3-5-14(13)8-12/h2-8,10,16-18,21,27-28H,9,11H2,1H3,(H,24,29)(H2,23,25,30)/t16-,17+,18-,21-/m1/s1. The van der Waals surface area contributed by atoms with Crippen LogP contribution in [0.5, 0.6) is 0 Å². The number of nitrogens with two attached hydrogens (primary N) is 1. The van der Waals surface area contributed by atoms with Crippen molar-refractivity contribution in [3.05, 3.63) is 70.3 Å². The number of carbonyl (C=O) groups is 1. The van der Waals surface area contributed by atoms with E-state index < -0.39 is 42.7 Å². The maximum absolute atomic E-state index is 12.8. The van der Waals surface area contributed by atoms with Crippen molar-refractivity contribution in [3.63, 3.8) is 0 Å². The van der Waals surface area contributed by atoms with Crippen LogP contribution in [0.2, 0.25) is 0 Å². The zero-order valence-electron chi connectivity index (χ0n) is 17.3. The van der Waals surface area contributed by atoms with Gasteiger partial charge < -0.3 is 30.7 Å². The van der Waals surface area contributed by atoms with E-state index in [1.807, 2.05) is 42.5 Å². The molecule has 0 spiro atoms. The Bertz CT molecular complexity index is 1200. The summed E-state index contributed by atoms with van der Waals surface area (Å²) < 4.78 is 11.8. The van der Waals surface area contributed by atoms with Gasteiger partial charge in [0, 0.05) is 19.9 Å². The van der Waals surface area contributed by atoms with Crippen LogP contribution < -0.4 is 16.7 Å². The monoisotopic (exact) mass is 440 g/mol. The SMILES string of the molecule is CO[C@@H]1[C@@H](O)[C@@H](CO)O[C@H]1n1cc(C(=O)NCc2ccc3ccccc3c2)c(N)nc1=O. The highest BCUT2D eigenvalue weighted by Crippen LogP contribution is 2.30. The maximum Gasteiger partial charge on any atom is 0.351 e. The Hall–Kier alpha value is -3.31. The molecule has 1 fully saturated rings. The number of anilines is 1. The van der Waals surface area contributed by atoms with Crippen molar-refractivity contribution in [1.29, 1.82) is 0 Å². The highest BCUT2D eigenvalue weighted by molar-refractivity contribution is 5.98. The third-order valence-electron chi connectivity index (χ3n) is 5.53. The van der Waals surface area contributed by atoms with Crippen molar-refractivity contribution in [2.24, 2.45) is 0 Å². The molecule has 0 radical (unpaired) electrons. The Kier molecular flexibility index (Phi) is 6.19. The molecule has 0 unspecified atom stereocenters. The number of nitrogen functional groups attached to an aromatic ring is 1. The van der Waals surface area contributed by atoms with Crippen LogP contribution in [0.15, 0.2) is 53.5 Å². The van der Waals surface area contributed by atoms with E-state index in [0.717, 1.165) is 20.9 Å². The molecule has 2 heterocycles. The molecule has 1 saturated heterocycles. The third-order valence-corrected chi connectivity index (χ3v) is 5.53. The normalized spacial score (nSPS) is 22.8. The Morgan fingerprint density at radius 2 is 2.03 bits per heavy atom. The summed E-state index contributed by atoms with van der Waals surface area (Å²) >= 11 is 0. The first-order valence-corrected chi connectivity index (χ1v) is 10.0. The number of aromatic nitrogens is 2. The minimum atomic E-state index is -1.16. The second-order valence-electron chi connectivity index (χ2n) is 7.53. The Labute approximate surface area is 183 Å². The molecule has 32 heavy (non-hydrogen) atoms. The molecule has 4 rings (SSSR count). The van der Waals surface area contributed by atoms with E-state index in [-0.39, 0.29) is 17.9 Å². The molecule has 2 aromatic carbocycles. The van der Waals surface area contributed by atoms with Crippen LogP contribution in [0.3, 0.4) is 0 Å². The van der Waals surface area contributed by atoms with Gasteiger partial charge in [0.2, 0.25) is 0 Å². The molecule has 1 aliphatic rings. The minimum absolute atomic E-state index is 0.0224. The number of ether oxygens (including phenoxy) is 2. The van der Waals surface area contributed by atoms with Gasteiger partial charge in [-0.25, -0.2) is 4.79 Å². The lowest BCUT2D eigenvalue weighted by molar-refractivity contribution is -0.0625. The van der Waals surface area contributed by atoms with Crippen LogP contribution in [0.25, 0.3) is 10.8 Å². The molecule has 1 aliphatic heterocycles. The number of nitrogens with one attached hydrogen (secondary N) is 1. The Balaban J connectivity index is 1.56. The molecule has 0 bridgehead atoms. The first-order valence-electron chi connectivity index (χ1n) is 10.0. The lowest BCUT2D eigenvalue weighted by Crippen LogP contribution is -2.38. The molecule has 3 aromatic rings. The summed E-state index contributed by atoms with van der Waals surface area (Å²) in [7, 11) is 1.34. The summed E-state index contributed by atoms with van der Waals surface area (Å²) in [5.41, 5.74) is 5.93. The van der Waals surface area contributed by atoms with E-state index in [1.165, 1.54) is 13.3 Å². The molecule has 1 aromatic heterocycles. The van der Waals surface area contributed by atoms with Gasteiger partial charge in [-0.1, -0.05) is 36.4 Å². The minimum Gasteiger partial charge on any atom is -0.394 e. The Morgan fingerprint density at radius 3 is 2.75 bits per heavy atom. The van der Waals surface area contributed by atoms with Crippen LogP contribution in [0, 0.1) is 0 Å². The van der Waals surface area contributed by atoms with E-state index in [2.05, 4.69) is 10.3 Å². The molecule has 0 saturated carbocycles. The highest BCUT2D eigenvalue weighted by atomic mass is 16.6. The van der Waals surface area contributed by atoms with Crippen LogP contribution in [-0.4, -0.2) is 57.7 Å². The number of aliphatic hydroxyl groups is 2. The smallest absolute Gasteiger partial charge is 0.351 e. The predicted molar refractivity (Wildman–Crippen MR) is 116 cm³/mol. The van der Waals surface area contributed by atoms with E-state index in [1.54, 1.807) is 0 Å². The summed E-state index contributed by atoms with van der Waals surface area (Å²) in [6.45, 7) is -0.220. The first kappa shape index (κ1) is 21.9. The van der Waals surface area contributed by atoms with Gasteiger partial charge in [-0.2, -0.15) is 4.98 Å². The van der Waals surface area contributed by atoms with Gasteiger partial charge in [0.25, 0.3) is 5.91 Å². The van der Waals surface area contributed by atoms with Crippen molar-refractivity contribution in [1.82, 2.24) is 14.9 Å². The first-order chi connectivity index (χ1) is 15.4. The lowest BCUT2D eigenvalue weighted by Gasteiger charge is -2.21. The van der Waals surface area contributed by atoms with Gasteiger partial charge in [-0.3, -0.25) is 9.36 Å². The van der Waals surface area contributed by atoms with Crippen molar-refractivity contribution in [2.75, 3.05) is 19.5 Å². The lowest BCUT2D eigenvalue weighted by atomic mass is 10.1. The number of methoxy groups -OCH3 is 1. The Morgan fingerprint density at radius 1 is 1.28 bits per heavy atom. The molecule has 168 valence electrons. The van der Waals surface area contributed by atoms with Crippen molar-refractivity contribution >= 4 is 22.5 Å². The number of amides is 1. The van der Waals surface area contributed by atoms with Gasteiger partial charge in [0.15, 0.2) is 6.23 Å². The topological polar surface area (TPSA) is 149 Å². The highest BCUT2D eigenvalue weighted by Gasteiger charge is 2.45. The van der Waals surface area contributed by atoms with Crippen molar-refractivity contribution in [2.45, 2.75) is 31.1 Å². The van der Waals surface area contributed by atoms with Crippen molar-refractivity contribution in [3.8, 4) is 0 Å². The van der Waals surface area contributed by atoms with Gasteiger partial charge in [-0.15, -0.1) is 0 Å².